The zero-order valence-corrected chi connectivity index (χ0v) is 23.7. The Morgan fingerprint density at radius 1 is 0.644 bits per heavy atom. The van der Waals surface area contributed by atoms with Crippen LogP contribution in [0, 0.1) is 45.9 Å². The van der Waals surface area contributed by atoms with Gasteiger partial charge >= 0.3 is 12.4 Å². The van der Waals surface area contributed by atoms with Crippen LogP contribution < -0.4 is 11.1 Å². The van der Waals surface area contributed by atoms with Gasteiger partial charge in [0.25, 0.3) is 0 Å². The highest BCUT2D eigenvalue weighted by atomic mass is 35.5. The largest absolute Gasteiger partial charge is 0.421 e. The van der Waals surface area contributed by atoms with E-state index in [1.54, 1.807) is 12.1 Å². The molecular weight excluding hydrogens is 693 g/mol. The van der Waals surface area contributed by atoms with Crippen molar-refractivity contribution in [3.05, 3.63) is 110 Å². The molecular formula is C26H11Cl3F10N6. The number of hydrogen-bond donors (Lipinski definition) is 2. The van der Waals surface area contributed by atoms with Crippen molar-refractivity contribution < 1.29 is 43.9 Å². The zero-order valence-electron chi connectivity index (χ0n) is 21.4. The maximum Gasteiger partial charge on any atom is 0.421 e. The van der Waals surface area contributed by atoms with Crippen LogP contribution in [0.15, 0.2) is 48.5 Å². The second kappa shape index (κ2) is 15.0. The van der Waals surface area contributed by atoms with Crippen molar-refractivity contribution in [2.75, 3.05) is 11.1 Å². The van der Waals surface area contributed by atoms with Crippen molar-refractivity contribution in [2.45, 2.75) is 12.4 Å². The number of anilines is 3. The number of halogens is 13. The van der Waals surface area contributed by atoms with Gasteiger partial charge in [-0.3, -0.25) is 0 Å². The van der Waals surface area contributed by atoms with Crippen LogP contribution in [-0.4, -0.2) is 9.97 Å². The molecule has 0 saturated heterocycles. The van der Waals surface area contributed by atoms with Crippen LogP contribution >= 0.6 is 34.8 Å². The third-order valence-electron chi connectivity index (χ3n) is 4.94. The minimum Gasteiger partial charge on any atom is -0.398 e. The fourth-order valence-electron chi connectivity index (χ4n) is 3.04. The monoisotopic (exact) mass is 702 g/mol. The van der Waals surface area contributed by atoms with Crippen molar-refractivity contribution in [2.24, 2.45) is 0 Å². The lowest BCUT2D eigenvalue weighted by Gasteiger charge is -2.15. The molecule has 2 aromatic carbocycles. The summed E-state index contributed by atoms with van der Waals surface area (Å²) < 4.78 is 127. The van der Waals surface area contributed by atoms with Gasteiger partial charge in [-0.1, -0.05) is 46.9 Å². The molecule has 0 amide bonds. The number of benzene rings is 2. The van der Waals surface area contributed by atoms with E-state index in [2.05, 4.69) is 9.97 Å². The van der Waals surface area contributed by atoms with E-state index in [4.69, 9.17) is 51.1 Å². The van der Waals surface area contributed by atoms with Gasteiger partial charge in [0, 0.05) is 5.69 Å². The molecule has 0 aliphatic rings. The first-order chi connectivity index (χ1) is 20.8. The lowest BCUT2D eigenvalue weighted by Crippen LogP contribution is -2.12. The molecule has 45 heavy (non-hydrogen) atoms. The maximum absolute atomic E-state index is 13.7. The van der Waals surface area contributed by atoms with Crippen LogP contribution in [0.3, 0.4) is 0 Å². The summed E-state index contributed by atoms with van der Waals surface area (Å²) in [7, 11) is 0. The van der Waals surface area contributed by atoms with Gasteiger partial charge in [-0.15, -0.1) is 0 Å². The third kappa shape index (κ3) is 9.74. The highest BCUT2D eigenvalue weighted by Gasteiger charge is 2.37. The lowest BCUT2D eigenvalue weighted by atomic mass is 10.1. The molecule has 0 saturated carbocycles. The molecule has 3 N–H and O–H groups in total. The Balaban J connectivity index is 0.000000259. The Labute approximate surface area is 261 Å². The minimum atomic E-state index is -4.99. The summed E-state index contributed by atoms with van der Waals surface area (Å²) in [5.74, 6) is -5.36. The minimum absolute atomic E-state index is 0.0198. The lowest BCUT2D eigenvalue weighted by molar-refractivity contribution is -0.140. The van der Waals surface area contributed by atoms with Crippen molar-refractivity contribution >= 4 is 52.0 Å². The van der Waals surface area contributed by atoms with Crippen LogP contribution in [0.1, 0.15) is 22.3 Å². The molecule has 4 rings (SSSR count). The maximum atomic E-state index is 13.7. The van der Waals surface area contributed by atoms with Crippen molar-refractivity contribution in [3.8, 4) is 12.1 Å². The molecule has 2 aromatic heterocycles. The summed E-state index contributed by atoms with van der Waals surface area (Å²) in [6, 6.07) is 10.3. The van der Waals surface area contributed by atoms with Crippen molar-refractivity contribution in [1.29, 1.82) is 10.5 Å². The summed E-state index contributed by atoms with van der Waals surface area (Å²) in [4.78, 5) is 6.84. The Kier molecular flexibility index (Phi) is 12.2. The smallest absolute Gasteiger partial charge is 0.398 e. The average Bonchev–Trinajstić information content (AvgIpc) is 2.92. The number of aromatic nitrogens is 2. The van der Waals surface area contributed by atoms with Crippen LogP contribution in [0.5, 0.6) is 0 Å². The summed E-state index contributed by atoms with van der Waals surface area (Å²) in [6.07, 6.45) is -9.71. The van der Waals surface area contributed by atoms with Crippen LogP contribution in [0.2, 0.25) is 15.5 Å². The quantitative estimate of drug-likeness (QED) is 0.122. The Morgan fingerprint density at radius 2 is 1.11 bits per heavy atom. The van der Waals surface area contributed by atoms with Gasteiger partial charge in [-0.2, -0.15) is 36.9 Å². The van der Waals surface area contributed by atoms with Crippen molar-refractivity contribution in [3.63, 3.8) is 0 Å². The summed E-state index contributed by atoms with van der Waals surface area (Å²) in [5.41, 5.74) is 0.348. The topological polar surface area (TPSA) is 111 Å². The third-order valence-corrected chi connectivity index (χ3v) is 5.78. The first-order valence-electron chi connectivity index (χ1n) is 11.2. The van der Waals surface area contributed by atoms with Gasteiger partial charge in [0.15, 0.2) is 22.6 Å². The molecule has 0 spiro atoms. The molecule has 0 bridgehead atoms. The second-order valence-corrected chi connectivity index (χ2v) is 9.04. The van der Waals surface area contributed by atoms with E-state index in [0.29, 0.717) is 12.1 Å². The number of pyridine rings is 2. The second-order valence-electron chi connectivity index (χ2n) is 7.97. The van der Waals surface area contributed by atoms with Crippen LogP contribution in [0.25, 0.3) is 0 Å². The number of nitrogens with zero attached hydrogens (tertiary/aromatic N) is 4. The molecule has 2 heterocycles. The van der Waals surface area contributed by atoms with E-state index in [1.807, 2.05) is 5.32 Å². The summed E-state index contributed by atoms with van der Waals surface area (Å²) in [5, 5.41) is 18.2. The van der Waals surface area contributed by atoms with E-state index in [-0.39, 0.29) is 21.4 Å². The fourth-order valence-corrected chi connectivity index (χ4v) is 3.59. The van der Waals surface area contributed by atoms with E-state index in [1.165, 1.54) is 0 Å². The van der Waals surface area contributed by atoms with E-state index >= 15 is 0 Å². The summed E-state index contributed by atoms with van der Waals surface area (Å²) >= 11 is 16.3. The molecule has 0 radical (unpaired) electrons. The Hall–Kier alpha value is -4.51. The molecule has 0 aliphatic heterocycles. The number of hydrogen-bond acceptors (Lipinski definition) is 6. The van der Waals surface area contributed by atoms with E-state index in [9.17, 15) is 43.9 Å². The molecule has 0 fully saturated rings. The molecule has 19 heteroatoms. The fraction of sp³-hybridized carbons (Fsp3) is 0.0769. The van der Waals surface area contributed by atoms with Gasteiger partial charge < -0.3 is 11.1 Å². The number of nitriles is 2. The van der Waals surface area contributed by atoms with Gasteiger partial charge in [0.2, 0.25) is 0 Å². The molecule has 0 aliphatic carbocycles. The highest BCUT2D eigenvalue weighted by Crippen LogP contribution is 2.38. The first kappa shape index (κ1) is 36.7. The summed E-state index contributed by atoms with van der Waals surface area (Å²) in [6.45, 7) is 0. The van der Waals surface area contributed by atoms with Crippen LogP contribution in [-0.2, 0) is 12.4 Å². The number of rotatable bonds is 2. The standard InChI is InChI=1S/C13H5ClF5N3.C7H5F4N.C6HCl2FN2/c14-11-6(5-20)4-8(16)12(22-11)21-9-3-1-2-7(15)10(9)13(17,18)19;8-4-2-1-3-5(12)6(4)7(9,10)11;7-5-3(2-10)1-4(9)6(8)11-5/h1-4H,(H,21,22);1-3H,12H2;1H. The van der Waals surface area contributed by atoms with E-state index in [0.717, 1.165) is 36.4 Å². The number of nitrogens with two attached hydrogens (primary N) is 1. The number of nitrogen functional groups attached to an aromatic ring is 1. The van der Waals surface area contributed by atoms with Gasteiger partial charge in [0.1, 0.15) is 45.2 Å². The molecule has 0 unspecified atom stereocenters. The molecule has 4 aromatic rings. The average molecular weight is 704 g/mol. The van der Waals surface area contributed by atoms with Gasteiger partial charge in [0.05, 0.1) is 16.8 Å². The Morgan fingerprint density at radius 3 is 1.58 bits per heavy atom. The predicted molar refractivity (Wildman–Crippen MR) is 143 cm³/mol. The highest BCUT2D eigenvalue weighted by molar-refractivity contribution is 6.33. The zero-order chi connectivity index (χ0) is 34.3. The Bertz CT molecular complexity index is 1760. The van der Waals surface area contributed by atoms with Crippen molar-refractivity contribution in [1.82, 2.24) is 9.97 Å². The van der Waals surface area contributed by atoms with Gasteiger partial charge in [-0.05, 0) is 36.4 Å². The number of alkyl halides is 6. The number of nitrogens with one attached hydrogen (secondary N) is 1. The van der Waals surface area contributed by atoms with E-state index < -0.39 is 69.1 Å². The molecule has 6 nitrogen and oxygen atoms in total. The SMILES string of the molecule is N#Cc1cc(F)c(Cl)nc1Cl.N#Cc1cc(F)c(Nc2cccc(F)c2C(F)(F)F)nc1Cl.Nc1cccc(F)c1C(F)(F)F. The van der Waals surface area contributed by atoms with Gasteiger partial charge in [-0.25, -0.2) is 27.5 Å². The first-order valence-corrected chi connectivity index (χ1v) is 12.4. The predicted octanol–water partition coefficient (Wildman–Crippen LogP) is 9.47. The molecule has 0 atom stereocenters. The normalized spacial score (nSPS) is 10.8. The molecule has 236 valence electrons. The van der Waals surface area contributed by atoms with Crippen LogP contribution in [0.4, 0.5) is 61.1 Å².